The summed E-state index contributed by atoms with van der Waals surface area (Å²) in [6.07, 6.45) is -4.74. The van der Waals surface area contributed by atoms with E-state index in [9.17, 15) is 18.0 Å². The van der Waals surface area contributed by atoms with Crippen molar-refractivity contribution >= 4 is 23.4 Å². The lowest BCUT2D eigenvalue weighted by Crippen LogP contribution is -2.06. The molecule has 0 atom stereocenters. The summed E-state index contributed by atoms with van der Waals surface area (Å²) in [6.45, 7) is 1.15. The van der Waals surface area contributed by atoms with Crippen LogP contribution < -0.4 is 5.32 Å². The summed E-state index contributed by atoms with van der Waals surface area (Å²) in [5, 5.41) is 2.60. The van der Waals surface area contributed by atoms with Crippen LogP contribution in [0.4, 0.5) is 19.1 Å². The zero-order chi connectivity index (χ0) is 14.9. The highest BCUT2D eigenvalue weighted by Crippen LogP contribution is 2.36. The Morgan fingerprint density at radius 2 is 1.90 bits per heavy atom. The molecule has 4 nitrogen and oxygen atoms in total. The molecule has 2 rings (SSSR count). The average Bonchev–Trinajstić information content (AvgIpc) is 2.73. The molecule has 0 bridgehead atoms. The number of carbonyl (C=O) groups excluding carboxylic acids is 1. The third-order valence-corrected chi connectivity index (χ3v) is 2.53. The van der Waals surface area contributed by atoms with E-state index in [0.717, 1.165) is 6.92 Å². The van der Waals surface area contributed by atoms with Gasteiger partial charge in [-0.3, -0.25) is 10.1 Å². The number of aromatic nitrogens is 1. The number of halogens is 4. The molecule has 106 valence electrons. The Kier molecular flexibility index (Phi) is 3.71. The van der Waals surface area contributed by atoms with Crippen molar-refractivity contribution in [3.05, 3.63) is 35.2 Å². The highest BCUT2D eigenvalue weighted by Gasteiger charge is 2.39. The van der Waals surface area contributed by atoms with Crippen LogP contribution in [0.2, 0.25) is 5.02 Å². The van der Waals surface area contributed by atoms with Crippen LogP contribution in [0.1, 0.15) is 12.8 Å². The number of benzene rings is 1. The van der Waals surface area contributed by atoms with Gasteiger partial charge in [0.15, 0.2) is 0 Å². The summed E-state index contributed by atoms with van der Waals surface area (Å²) < 4.78 is 42.4. The van der Waals surface area contributed by atoms with Gasteiger partial charge in [0, 0.05) is 17.5 Å². The summed E-state index contributed by atoms with van der Waals surface area (Å²) >= 11 is 5.71. The zero-order valence-electron chi connectivity index (χ0n) is 10.1. The third-order valence-electron chi connectivity index (χ3n) is 2.28. The molecule has 0 radical (unpaired) electrons. The summed E-state index contributed by atoms with van der Waals surface area (Å²) in [4.78, 5) is 14.4. The number of hydrogen-bond acceptors (Lipinski definition) is 3. The molecular weight excluding hydrogens is 297 g/mol. The Hall–Kier alpha value is -2.02. The van der Waals surface area contributed by atoms with Gasteiger partial charge in [-0.15, -0.1) is 0 Å². The van der Waals surface area contributed by atoms with Crippen molar-refractivity contribution in [1.82, 2.24) is 4.98 Å². The molecule has 1 aromatic heterocycles. The molecule has 0 fully saturated rings. The molecule has 1 amide bonds. The van der Waals surface area contributed by atoms with Crippen LogP contribution in [0, 0.1) is 0 Å². The minimum Gasteiger partial charge on any atom is -0.416 e. The SMILES string of the molecule is CC(=O)Nc1oc(C(F)(F)F)nc1-c1ccc(Cl)cc1. The van der Waals surface area contributed by atoms with Gasteiger partial charge in [0.05, 0.1) is 0 Å². The van der Waals surface area contributed by atoms with E-state index >= 15 is 0 Å². The molecule has 1 N–H and O–H groups in total. The molecule has 2 aromatic rings. The van der Waals surface area contributed by atoms with Crippen molar-refractivity contribution in [2.75, 3.05) is 5.32 Å². The normalized spacial score (nSPS) is 11.4. The fourth-order valence-corrected chi connectivity index (χ4v) is 1.62. The monoisotopic (exact) mass is 304 g/mol. The Labute approximate surface area is 116 Å². The number of rotatable bonds is 2. The van der Waals surface area contributed by atoms with E-state index < -0.39 is 18.0 Å². The van der Waals surface area contributed by atoms with E-state index in [2.05, 4.69) is 14.7 Å². The molecule has 0 spiro atoms. The molecule has 0 unspecified atom stereocenters. The fraction of sp³-hybridized carbons (Fsp3) is 0.167. The minimum absolute atomic E-state index is 0.107. The lowest BCUT2D eigenvalue weighted by molar-refractivity contribution is -0.156. The number of anilines is 1. The summed E-state index contributed by atoms with van der Waals surface area (Å²) in [5.74, 6) is -2.34. The van der Waals surface area contributed by atoms with E-state index in [1.807, 2.05) is 0 Å². The van der Waals surface area contributed by atoms with Gasteiger partial charge in [0.1, 0.15) is 5.69 Å². The van der Waals surface area contributed by atoms with Crippen LogP contribution in [0.3, 0.4) is 0 Å². The zero-order valence-corrected chi connectivity index (χ0v) is 10.8. The first-order chi connectivity index (χ1) is 9.27. The quantitative estimate of drug-likeness (QED) is 0.913. The van der Waals surface area contributed by atoms with E-state index in [-0.39, 0.29) is 11.6 Å². The first-order valence-electron chi connectivity index (χ1n) is 5.39. The van der Waals surface area contributed by atoms with Gasteiger partial charge in [0.25, 0.3) is 0 Å². The maximum Gasteiger partial charge on any atom is 0.469 e. The van der Waals surface area contributed by atoms with Crippen LogP contribution in [-0.4, -0.2) is 10.9 Å². The molecule has 0 saturated heterocycles. The van der Waals surface area contributed by atoms with Crippen molar-refractivity contribution < 1.29 is 22.4 Å². The molecule has 0 aliphatic rings. The Morgan fingerprint density at radius 3 is 2.40 bits per heavy atom. The Morgan fingerprint density at radius 1 is 1.30 bits per heavy atom. The van der Waals surface area contributed by atoms with E-state index in [1.54, 1.807) is 0 Å². The average molecular weight is 305 g/mol. The van der Waals surface area contributed by atoms with Crippen LogP contribution >= 0.6 is 11.6 Å². The van der Waals surface area contributed by atoms with E-state index in [4.69, 9.17) is 11.6 Å². The first kappa shape index (κ1) is 14.4. The van der Waals surface area contributed by atoms with Gasteiger partial charge < -0.3 is 4.42 Å². The second-order valence-electron chi connectivity index (χ2n) is 3.88. The fourth-order valence-electron chi connectivity index (χ4n) is 1.49. The lowest BCUT2D eigenvalue weighted by atomic mass is 10.1. The number of amides is 1. The number of nitrogens with zero attached hydrogens (tertiary/aromatic N) is 1. The van der Waals surface area contributed by atoms with E-state index in [1.165, 1.54) is 24.3 Å². The van der Waals surface area contributed by atoms with Crippen LogP contribution in [0.15, 0.2) is 28.7 Å². The van der Waals surface area contributed by atoms with Gasteiger partial charge in [-0.2, -0.15) is 13.2 Å². The van der Waals surface area contributed by atoms with Gasteiger partial charge in [-0.1, -0.05) is 23.7 Å². The summed E-state index contributed by atoms with van der Waals surface area (Å²) in [5.41, 5.74) is 0.238. The van der Waals surface area contributed by atoms with Gasteiger partial charge in [0.2, 0.25) is 11.8 Å². The number of oxazole rings is 1. The van der Waals surface area contributed by atoms with E-state index in [0.29, 0.717) is 10.6 Å². The molecule has 1 heterocycles. The Balaban J connectivity index is 2.52. The number of carbonyl (C=O) groups is 1. The second-order valence-corrected chi connectivity index (χ2v) is 4.32. The topological polar surface area (TPSA) is 55.1 Å². The summed E-state index contributed by atoms with van der Waals surface area (Å²) in [6, 6.07) is 5.95. The van der Waals surface area contributed by atoms with Crippen molar-refractivity contribution in [2.45, 2.75) is 13.1 Å². The van der Waals surface area contributed by atoms with Crippen molar-refractivity contribution in [3.8, 4) is 11.3 Å². The smallest absolute Gasteiger partial charge is 0.416 e. The van der Waals surface area contributed by atoms with Crippen LogP contribution in [0.25, 0.3) is 11.3 Å². The number of alkyl halides is 3. The van der Waals surface area contributed by atoms with Crippen molar-refractivity contribution in [1.29, 1.82) is 0 Å². The van der Waals surface area contributed by atoms with Crippen molar-refractivity contribution in [3.63, 3.8) is 0 Å². The first-order valence-corrected chi connectivity index (χ1v) is 5.76. The number of nitrogens with one attached hydrogen (secondary N) is 1. The molecule has 1 aromatic carbocycles. The largest absolute Gasteiger partial charge is 0.469 e. The molecule has 20 heavy (non-hydrogen) atoms. The molecule has 0 saturated carbocycles. The molecule has 0 aliphatic carbocycles. The van der Waals surface area contributed by atoms with Crippen LogP contribution in [-0.2, 0) is 11.0 Å². The molecular formula is C12H8ClF3N2O2. The number of hydrogen-bond donors (Lipinski definition) is 1. The predicted molar refractivity (Wildman–Crippen MR) is 66.3 cm³/mol. The predicted octanol–water partition coefficient (Wildman–Crippen LogP) is 3.97. The molecule has 0 aliphatic heterocycles. The van der Waals surface area contributed by atoms with Crippen molar-refractivity contribution in [2.24, 2.45) is 0 Å². The Bertz CT molecular complexity index is 635. The molecule has 8 heteroatoms. The minimum atomic E-state index is -4.74. The maximum atomic E-state index is 12.6. The van der Waals surface area contributed by atoms with Gasteiger partial charge in [-0.05, 0) is 12.1 Å². The van der Waals surface area contributed by atoms with Crippen LogP contribution in [0.5, 0.6) is 0 Å². The third kappa shape index (κ3) is 3.11. The maximum absolute atomic E-state index is 12.6. The standard InChI is InChI=1S/C12H8ClF3N2O2/c1-6(19)17-10-9(7-2-4-8(13)5-3-7)18-11(20-10)12(14,15)16/h2-5H,1H3,(H,17,19). The highest BCUT2D eigenvalue weighted by atomic mass is 35.5. The van der Waals surface area contributed by atoms with Gasteiger partial charge in [-0.25, -0.2) is 4.98 Å². The van der Waals surface area contributed by atoms with Gasteiger partial charge >= 0.3 is 12.1 Å². The lowest BCUT2D eigenvalue weighted by Gasteiger charge is -2.01. The second kappa shape index (κ2) is 5.16. The summed E-state index contributed by atoms with van der Waals surface area (Å²) in [7, 11) is 0. The highest BCUT2D eigenvalue weighted by molar-refractivity contribution is 6.30.